The van der Waals surface area contributed by atoms with E-state index >= 15 is 0 Å². The zero-order valence-corrected chi connectivity index (χ0v) is 15.1. The van der Waals surface area contributed by atoms with E-state index in [1.54, 1.807) is 6.92 Å². The van der Waals surface area contributed by atoms with Crippen LogP contribution in [-0.4, -0.2) is 24.6 Å². The third kappa shape index (κ3) is 6.46. The number of rotatable bonds is 7. The molecule has 0 aromatic heterocycles. The number of esters is 1. The van der Waals surface area contributed by atoms with Gasteiger partial charge in [-0.15, -0.1) is 0 Å². The Morgan fingerprint density at radius 1 is 1.11 bits per heavy atom. The number of aryl methyl sites for hydroxylation is 1. The predicted molar refractivity (Wildman–Crippen MR) is 97.4 cm³/mol. The fraction of sp³-hybridized carbons (Fsp3) is 0.200. The summed E-state index contributed by atoms with van der Waals surface area (Å²) in [7, 11) is 0. The van der Waals surface area contributed by atoms with E-state index in [-0.39, 0.29) is 11.4 Å². The molecule has 0 bridgehead atoms. The maximum absolute atomic E-state index is 13.5. The van der Waals surface area contributed by atoms with E-state index in [0.29, 0.717) is 11.1 Å². The van der Waals surface area contributed by atoms with Crippen molar-refractivity contribution < 1.29 is 32.2 Å². The molecular weight excluding hydrogens is 375 g/mol. The first-order valence-electron chi connectivity index (χ1n) is 8.25. The van der Waals surface area contributed by atoms with E-state index in [1.807, 2.05) is 0 Å². The maximum atomic E-state index is 13.5. The Balaban J connectivity index is 1.87. The summed E-state index contributed by atoms with van der Waals surface area (Å²) in [5.41, 5.74) is 1.24. The fourth-order valence-corrected chi connectivity index (χ4v) is 2.11. The van der Waals surface area contributed by atoms with Gasteiger partial charge in [-0.2, -0.15) is 8.78 Å². The van der Waals surface area contributed by atoms with Gasteiger partial charge in [0.2, 0.25) is 0 Å². The average Bonchev–Trinajstić information content (AvgIpc) is 2.63. The molecule has 0 aliphatic carbocycles. The molecule has 28 heavy (non-hydrogen) atoms. The number of halogens is 3. The first kappa shape index (κ1) is 21.0. The number of alkyl halides is 2. The summed E-state index contributed by atoms with van der Waals surface area (Å²) >= 11 is 0. The number of ether oxygens (including phenoxy) is 2. The van der Waals surface area contributed by atoms with Crippen LogP contribution in [0, 0.1) is 12.7 Å². The maximum Gasteiger partial charge on any atom is 0.387 e. The second-order valence-electron chi connectivity index (χ2n) is 5.81. The van der Waals surface area contributed by atoms with E-state index in [0.717, 1.165) is 6.08 Å². The highest BCUT2D eigenvalue weighted by Gasteiger charge is 2.17. The van der Waals surface area contributed by atoms with Crippen LogP contribution < -0.4 is 10.1 Å². The summed E-state index contributed by atoms with van der Waals surface area (Å²) in [6.07, 6.45) is 1.38. The van der Waals surface area contributed by atoms with Crippen molar-refractivity contribution in [3.8, 4) is 5.75 Å². The summed E-state index contributed by atoms with van der Waals surface area (Å²) in [5.74, 6) is -1.85. The predicted octanol–water partition coefficient (Wildman–Crippen LogP) is 4.32. The topological polar surface area (TPSA) is 64.6 Å². The molecular formula is C20H18F3NO4. The van der Waals surface area contributed by atoms with Gasteiger partial charge in [0.1, 0.15) is 11.6 Å². The fourth-order valence-electron chi connectivity index (χ4n) is 2.11. The van der Waals surface area contributed by atoms with E-state index in [9.17, 15) is 22.8 Å². The molecule has 0 fully saturated rings. The smallest absolute Gasteiger partial charge is 0.387 e. The molecule has 1 atom stereocenters. The van der Waals surface area contributed by atoms with Crippen LogP contribution in [0.4, 0.5) is 18.9 Å². The van der Waals surface area contributed by atoms with Crippen molar-refractivity contribution in [3.63, 3.8) is 0 Å². The highest BCUT2D eigenvalue weighted by molar-refractivity contribution is 5.96. The molecule has 0 radical (unpaired) electrons. The quantitative estimate of drug-likeness (QED) is 0.562. The Morgan fingerprint density at radius 2 is 1.79 bits per heavy atom. The van der Waals surface area contributed by atoms with E-state index in [1.165, 1.54) is 55.5 Å². The van der Waals surface area contributed by atoms with Crippen LogP contribution in [0.15, 0.2) is 48.5 Å². The van der Waals surface area contributed by atoms with Gasteiger partial charge < -0.3 is 14.8 Å². The number of hydrogen-bond acceptors (Lipinski definition) is 4. The van der Waals surface area contributed by atoms with Crippen LogP contribution in [0.1, 0.15) is 18.1 Å². The Bertz CT molecular complexity index is 866. The number of nitrogens with one attached hydrogen (secondary N) is 1. The number of anilines is 1. The first-order chi connectivity index (χ1) is 13.2. The van der Waals surface area contributed by atoms with Crippen LogP contribution in [-0.2, 0) is 14.3 Å². The molecule has 0 aliphatic rings. The highest BCUT2D eigenvalue weighted by atomic mass is 19.3. The molecule has 1 N–H and O–H groups in total. The van der Waals surface area contributed by atoms with Gasteiger partial charge in [0.25, 0.3) is 5.91 Å². The number of carbonyl (C=O) groups is 2. The Labute approximate surface area is 159 Å². The molecule has 2 rings (SSSR count). The second-order valence-corrected chi connectivity index (χ2v) is 5.81. The van der Waals surface area contributed by atoms with Crippen LogP contribution in [0.5, 0.6) is 5.75 Å². The number of hydrogen-bond donors (Lipinski definition) is 1. The van der Waals surface area contributed by atoms with Crippen LogP contribution >= 0.6 is 0 Å². The van der Waals surface area contributed by atoms with Crippen molar-refractivity contribution in [2.24, 2.45) is 0 Å². The van der Waals surface area contributed by atoms with Crippen molar-refractivity contribution in [1.29, 1.82) is 0 Å². The molecule has 0 aliphatic heterocycles. The lowest BCUT2D eigenvalue weighted by atomic mass is 10.2. The third-order valence-corrected chi connectivity index (χ3v) is 3.62. The van der Waals surface area contributed by atoms with Gasteiger partial charge in [0.15, 0.2) is 6.10 Å². The standard InChI is InChI=1S/C20H18F3NO4/c1-12-3-7-15(11-17(12)21)24-19(26)13(2)27-18(25)10-6-14-4-8-16(9-5-14)28-20(22)23/h3-11,13,20H,1-2H3,(H,24,26)/b10-6+/t13-/m1/s1. The molecule has 0 heterocycles. The molecule has 8 heteroatoms. The van der Waals surface area contributed by atoms with Crippen LogP contribution in [0.25, 0.3) is 6.08 Å². The monoisotopic (exact) mass is 393 g/mol. The molecule has 0 saturated heterocycles. The largest absolute Gasteiger partial charge is 0.449 e. The SMILES string of the molecule is Cc1ccc(NC(=O)[C@@H](C)OC(=O)/C=C/c2ccc(OC(F)F)cc2)cc1F. The van der Waals surface area contributed by atoms with Gasteiger partial charge in [0, 0.05) is 11.8 Å². The van der Waals surface area contributed by atoms with Crippen molar-refractivity contribution >= 4 is 23.6 Å². The van der Waals surface area contributed by atoms with Gasteiger partial charge in [-0.05, 0) is 55.3 Å². The molecule has 0 spiro atoms. The second kappa shape index (κ2) is 9.59. The summed E-state index contributed by atoms with van der Waals surface area (Å²) in [5, 5.41) is 2.46. The minimum absolute atomic E-state index is 0.00689. The average molecular weight is 393 g/mol. The van der Waals surface area contributed by atoms with Crippen molar-refractivity contribution in [2.45, 2.75) is 26.6 Å². The van der Waals surface area contributed by atoms with Crippen LogP contribution in [0.3, 0.4) is 0 Å². The van der Waals surface area contributed by atoms with E-state index in [2.05, 4.69) is 10.1 Å². The molecule has 2 aromatic rings. The third-order valence-electron chi connectivity index (χ3n) is 3.62. The molecule has 0 saturated carbocycles. The lowest BCUT2D eigenvalue weighted by Gasteiger charge is -2.12. The van der Waals surface area contributed by atoms with Crippen LogP contribution in [0.2, 0.25) is 0 Å². The Kier molecular flexibility index (Phi) is 7.20. The minimum atomic E-state index is -2.92. The first-order valence-corrected chi connectivity index (χ1v) is 8.25. The summed E-state index contributed by atoms with van der Waals surface area (Å²) in [4.78, 5) is 23.9. The number of amides is 1. The van der Waals surface area contributed by atoms with Crippen molar-refractivity contribution in [3.05, 3.63) is 65.5 Å². The van der Waals surface area contributed by atoms with E-state index in [4.69, 9.17) is 4.74 Å². The van der Waals surface area contributed by atoms with Gasteiger partial charge in [-0.1, -0.05) is 18.2 Å². The van der Waals surface area contributed by atoms with Gasteiger partial charge in [-0.25, -0.2) is 9.18 Å². The highest BCUT2D eigenvalue weighted by Crippen LogP contribution is 2.16. The molecule has 148 valence electrons. The molecule has 0 unspecified atom stereocenters. The number of benzene rings is 2. The minimum Gasteiger partial charge on any atom is -0.449 e. The Morgan fingerprint density at radius 3 is 2.39 bits per heavy atom. The lowest BCUT2D eigenvalue weighted by Crippen LogP contribution is -2.29. The van der Waals surface area contributed by atoms with Gasteiger partial charge >= 0.3 is 12.6 Å². The number of carbonyl (C=O) groups excluding carboxylic acids is 2. The summed E-state index contributed by atoms with van der Waals surface area (Å²) in [6.45, 7) is 0.0551. The van der Waals surface area contributed by atoms with Gasteiger partial charge in [0.05, 0.1) is 0 Å². The van der Waals surface area contributed by atoms with Crippen molar-refractivity contribution in [2.75, 3.05) is 5.32 Å². The lowest BCUT2D eigenvalue weighted by molar-refractivity contribution is -0.148. The van der Waals surface area contributed by atoms with Gasteiger partial charge in [-0.3, -0.25) is 4.79 Å². The zero-order valence-electron chi connectivity index (χ0n) is 15.1. The van der Waals surface area contributed by atoms with Crippen molar-refractivity contribution in [1.82, 2.24) is 0 Å². The molecule has 1 amide bonds. The molecule has 2 aromatic carbocycles. The zero-order chi connectivity index (χ0) is 20.7. The summed E-state index contributed by atoms with van der Waals surface area (Å²) < 4.78 is 46.9. The van der Waals surface area contributed by atoms with E-state index < -0.39 is 30.4 Å². The summed E-state index contributed by atoms with van der Waals surface area (Å²) in [6, 6.07) is 9.83. The normalized spacial score (nSPS) is 12.1. The molecule has 5 nitrogen and oxygen atoms in total. The Hall–Kier alpha value is -3.29.